The van der Waals surface area contributed by atoms with Crippen molar-refractivity contribution in [2.45, 2.75) is 95.8 Å². The minimum Gasteiger partial charge on any atom is -0.508 e. The zero-order valence-electron chi connectivity index (χ0n) is 67.9. The van der Waals surface area contributed by atoms with E-state index in [9.17, 15) is 39.6 Å². The number of carbonyl (C=O) groups excluding carboxylic acids is 4. The Bertz CT molecular complexity index is 5860. The molecular weight excluding hydrogens is 1690 g/mol. The summed E-state index contributed by atoms with van der Waals surface area (Å²) < 4.78 is 0.946. The second-order valence-electron chi connectivity index (χ2n) is 31.2. The minimum absolute atomic E-state index is 0.0454. The minimum atomic E-state index is -0.644. The molecule has 4 unspecified atom stereocenters. The van der Waals surface area contributed by atoms with Gasteiger partial charge in [-0.25, -0.2) is 0 Å². The van der Waals surface area contributed by atoms with E-state index >= 15 is 0 Å². The van der Waals surface area contributed by atoms with E-state index in [0.717, 1.165) is 94.0 Å². The van der Waals surface area contributed by atoms with Crippen molar-refractivity contribution in [2.75, 3.05) is 47.8 Å². The average molecular weight is 1780 g/mol. The van der Waals surface area contributed by atoms with Crippen molar-refractivity contribution in [1.82, 2.24) is 0 Å². The van der Waals surface area contributed by atoms with Gasteiger partial charge in [-0.15, -0.1) is 0 Å². The molecule has 0 aliphatic carbocycles. The van der Waals surface area contributed by atoms with Crippen LogP contribution in [0.5, 0.6) is 23.0 Å². The third-order valence-corrected chi connectivity index (χ3v) is 23.6. The molecule has 0 aromatic heterocycles. The zero-order valence-corrected chi connectivity index (χ0v) is 73.3. The lowest BCUT2D eigenvalue weighted by molar-refractivity contribution is -0.120. The highest BCUT2D eigenvalue weighted by Crippen LogP contribution is 2.39. The molecule has 0 saturated heterocycles. The van der Waals surface area contributed by atoms with Gasteiger partial charge in [-0.05, 0) is 227 Å². The van der Waals surface area contributed by atoms with Gasteiger partial charge >= 0.3 is 0 Å². The maximum Gasteiger partial charge on any atom is 0.251 e. The van der Waals surface area contributed by atoms with E-state index in [1.54, 1.807) is 151 Å². The predicted molar refractivity (Wildman–Crippen MR) is 496 cm³/mol. The Morgan fingerprint density at radius 1 is 0.339 bits per heavy atom. The number of likely N-dealkylation sites (N-methyl/N-ethyl adjacent to an activating group) is 4. The van der Waals surface area contributed by atoms with Crippen molar-refractivity contribution in [3.8, 4) is 23.0 Å². The molecule has 0 saturated carbocycles. The number of benzene rings is 12. The largest absolute Gasteiger partial charge is 0.508 e. The number of amides is 4. The van der Waals surface area contributed by atoms with E-state index in [0.29, 0.717) is 79.6 Å². The molecule has 0 spiro atoms. The van der Waals surface area contributed by atoms with E-state index in [-0.39, 0.29) is 52.0 Å². The number of halogens is 6. The smallest absolute Gasteiger partial charge is 0.251 e. The lowest BCUT2D eigenvalue weighted by Gasteiger charge is -2.25. The van der Waals surface area contributed by atoms with E-state index in [2.05, 4.69) is 74.8 Å². The summed E-state index contributed by atoms with van der Waals surface area (Å²) >= 11 is 35.1. The van der Waals surface area contributed by atoms with E-state index in [1.807, 2.05) is 140 Å². The fraction of sp³-hybridized carbons (Fsp3) is 0.192. The Labute approximate surface area is 738 Å². The third kappa shape index (κ3) is 20.2. The van der Waals surface area contributed by atoms with E-state index in [4.69, 9.17) is 78.0 Å². The molecule has 12 aromatic carbocycles. The summed E-state index contributed by atoms with van der Waals surface area (Å²) in [6, 6.07) is 78.5. The first kappa shape index (κ1) is 87.2. The highest BCUT2D eigenvalue weighted by molar-refractivity contribution is 9.10. The number of benzodiazepines with no additional fused rings is 4. The van der Waals surface area contributed by atoms with Crippen molar-refractivity contribution < 1.29 is 39.6 Å². The summed E-state index contributed by atoms with van der Waals surface area (Å²) in [6.45, 7) is 10.8. The first-order valence-electron chi connectivity index (χ1n) is 39.3. The number of aromatic hydroxyl groups is 4. The number of phenolic OH excluding ortho intramolecular Hbond substituents is 4. The van der Waals surface area contributed by atoms with Gasteiger partial charge in [0.05, 0.1) is 45.6 Å². The van der Waals surface area contributed by atoms with E-state index < -0.39 is 24.2 Å². The average Bonchev–Trinajstić information content (AvgIpc) is 1.76. The van der Waals surface area contributed by atoms with Gasteiger partial charge in [0.25, 0.3) is 23.6 Å². The van der Waals surface area contributed by atoms with Crippen LogP contribution in [0.25, 0.3) is 0 Å². The van der Waals surface area contributed by atoms with Crippen LogP contribution in [0.2, 0.25) is 25.1 Å². The number of aliphatic imine (C=N–C) groups is 4. The molecule has 22 heteroatoms. The molecule has 4 atom stereocenters. The van der Waals surface area contributed by atoms with Crippen LogP contribution >= 0.6 is 73.9 Å². The first-order chi connectivity index (χ1) is 57.9. The van der Waals surface area contributed by atoms with Crippen LogP contribution in [0.15, 0.2) is 291 Å². The van der Waals surface area contributed by atoms with Gasteiger partial charge in [-0.3, -0.25) is 39.1 Å². The second kappa shape index (κ2) is 38.0. The van der Waals surface area contributed by atoms with Crippen LogP contribution in [0.1, 0.15) is 118 Å². The molecule has 4 N–H and O–H groups in total. The van der Waals surface area contributed by atoms with Gasteiger partial charge in [0.1, 0.15) is 47.2 Å². The molecular formula is C99H88BrCl5N8O8. The molecule has 4 aliphatic heterocycles. The Balaban J connectivity index is 0.000000139. The van der Waals surface area contributed by atoms with E-state index in [1.165, 1.54) is 11.1 Å². The maximum atomic E-state index is 13.5. The van der Waals surface area contributed by atoms with Gasteiger partial charge in [0.15, 0.2) is 0 Å². The molecule has 0 bridgehead atoms. The van der Waals surface area contributed by atoms with Crippen LogP contribution in [0.3, 0.4) is 0 Å². The Morgan fingerprint density at radius 3 is 0.917 bits per heavy atom. The molecule has 0 radical (unpaired) electrons. The standard InChI is InChI=1S/C27H27ClN2O2.C26H25ClN2O2.C23H18BrClN2O2.C23H18Cl2N2O2/c1-27(2,3)22-8-6-5-7-18(22)15-23-26(32)30(4)24-14-11-19(28)16-21(24)25(29-23)17-9-12-20(31)13-10-17;1-16(2)21-7-5-4-6-18(21)14-23-26(31)29(3)24-13-10-19(27)15-22(24)25(28-23)17-8-11-20(30)12-9-17;1-27-21-11-8-16(25)13-18(21)22(14-6-9-17(28)10-7-14)26-20(23(27)29)12-15-4-2-3-5-19(15)24;1-27-21-11-8-16(24)13-18(21)22(14-6-9-17(28)10-7-14)26-20(23(27)29)12-15-4-2-3-5-19(15)25/h5-14,16,23,31H,15H2,1-4H3;4-13,15-16,23,30H,14H2,1-3H3;2*2-11,13,20,28H,12H2,1H3. The third-order valence-electron chi connectivity index (χ3n) is 21.5. The number of hydrogen-bond acceptors (Lipinski definition) is 12. The SMILES string of the molecule is CC(C)c1ccccc1CC1N=C(c2ccc(O)cc2)c2cc(Cl)ccc2N(C)C1=O.CN1C(=O)C(Cc2ccccc2Br)N=C(c2ccc(O)cc2)c2cc(Cl)ccc21.CN1C(=O)C(Cc2ccccc2C(C)(C)C)N=C(c2ccc(O)cc2)c2cc(Cl)ccc21.CN1C(=O)C(Cc2ccccc2Cl)N=C(c2ccc(O)cc2)c2cc(Cl)ccc21. The van der Waals surface area contributed by atoms with Crippen molar-refractivity contribution >= 4 is 143 Å². The Kier molecular flexibility index (Phi) is 27.3. The molecule has 0 fully saturated rings. The lowest BCUT2D eigenvalue weighted by atomic mass is 9.82. The summed E-state index contributed by atoms with van der Waals surface area (Å²) in [6.07, 6.45) is 1.86. The molecule has 4 amide bonds. The normalized spacial score (nSPS) is 16.3. The number of rotatable bonds is 13. The van der Waals surface area contributed by atoms with Crippen LogP contribution in [0, 0.1) is 0 Å². The molecule has 4 aliphatic rings. The molecule has 16 nitrogen and oxygen atoms in total. The number of phenols is 4. The number of nitrogens with zero attached hydrogens (tertiary/aromatic N) is 8. The summed E-state index contributed by atoms with van der Waals surface area (Å²) in [5.74, 6) is 0.717. The van der Waals surface area contributed by atoms with Gasteiger partial charge in [-0.1, -0.05) is 193 Å². The van der Waals surface area contributed by atoms with Gasteiger partial charge < -0.3 is 40.0 Å². The van der Waals surface area contributed by atoms with Crippen molar-refractivity contribution in [3.05, 3.63) is 374 Å². The zero-order chi connectivity index (χ0) is 86.3. The number of hydrogen-bond donors (Lipinski definition) is 4. The summed E-state index contributed by atoms with van der Waals surface area (Å²) in [4.78, 5) is 79.8. The fourth-order valence-electron chi connectivity index (χ4n) is 15.3. The number of carbonyl (C=O) groups is 4. The van der Waals surface area contributed by atoms with Crippen LogP contribution in [-0.4, -0.2) is 119 Å². The van der Waals surface area contributed by atoms with Crippen molar-refractivity contribution in [3.63, 3.8) is 0 Å². The summed E-state index contributed by atoms with van der Waals surface area (Å²) in [7, 11) is 7.07. The Morgan fingerprint density at radius 2 is 0.603 bits per heavy atom. The molecule has 16 rings (SSSR count). The highest BCUT2D eigenvalue weighted by atomic mass is 79.9. The number of anilines is 4. The topological polar surface area (TPSA) is 212 Å². The monoisotopic (exact) mass is 1770 g/mol. The molecule has 4 heterocycles. The Hall–Kier alpha value is -11.7. The van der Waals surface area contributed by atoms with Gasteiger partial charge in [-0.2, -0.15) is 0 Å². The fourth-order valence-corrected chi connectivity index (χ4v) is 16.6. The van der Waals surface area contributed by atoms with Gasteiger partial charge in [0.2, 0.25) is 0 Å². The maximum absolute atomic E-state index is 13.5. The highest BCUT2D eigenvalue weighted by Gasteiger charge is 2.37. The van der Waals surface area contributed by atoms with Crippen molar-refractivity contribution in [2.24, 2.45) is 20.0 Å². The molecule has 121 heavy (non-hydrogen) atoms. The predicted octanol–water partition coefficient (Wildman–Crippen LogP) is 21.7. The second-order valence-corrected chi connectivity index (χ2v) is 34.2. The molecule has 12 aromatic rings. The van der Waals surface area contributed by atoms with Crippen LogP contribution in [0.4, 0.5) is 22.7 Å². The first-order valence-corrected chi connectivity index (χ1v) is 42.0. The van der Waals surface area contributed by atoms with Gasteiger partial charge in [0, 0.05) is 128 Å². The van der Waals surface area contributed by atoms with Crippen LogP contribution < -0.4 is 19.6 Å². The quantitative estimate of drug-likeness (QED) is 0.0870. The summed E-state index contributed by atoms with van der Waals surface area (Å²) in [5.41, 5.74) is 18.6. The number of fused-ring (bicyclic) bond motifs is 4. The molecule has 614 valence electrons. The van der Waals surface area contributed by atoms with Crippen LogP contribution in [-0.2, 0) is 50.3 Å². The lowest BCUT2D eigenvalue weighted by Crippen LogP contribution is -2.36. The summed E-state index contributed by atoms with van der Waals surface area (Å²) in [5, 5.41) is 41.7. The van der Waals surface area contributed by atoms with Crippen molar-refractivity contribution in [1.29, 1.82) is 0 Å².